The van der Waals surface area contributed by atoms with E-state index < -0.39 is 0 Å². The quantitative estimate of drug-likeness (QED) is 0.842. The van der Waals surface area contributed by atoms with Gasteiger partial charge in [0, 0.05) is 18.3 Å². The summed E-state index contributed by atoms with van der Waals surface area (Å²) in [7, 11) is 0. The Balaban J connectivity index is 1.90. The van der Waals surface area contributed by atoms with Crippen LogP contribution in [-0.2, 0) is 0 Å². The standard InChI is InChI=1S/C17H27ClN2O/c1-3-10-20-11-5-6-14(9-12-20)19-15-7-8-17(21-4-2)16(18)13-15/h7-8,13-14,19H,3-6,9-12H2,1-2H3. The average molecular weight is 311 g/mol. The van der Waals surface area contributed by atoms with Crippen LogP contribution in [0.3, 0.4) is 0 Å². The van der Waals surface area contributed by atoms with E-state index in [4.69, 9.17) is 16.3 Å². The molecule has 1 atom stereocenters. The number of ether oxygens (including phenoxy) is 1. The zero-order valence-electron chi connectivity index (χ0n) is 13.2. The number of hydrogen-bond acceptors (Lipinski definition) is 3. The minimum Gasteiger partial charge on any atom is -0.492 e. The van der Waals surface area contributed by atoms with Gasteiger partial charge < -0.3 is 15.0 Å². The zero-order chi connectivity index (χ0) is 15.1. The molecule has 0 bridgehead atoms. The van der Waals surface area contributed by atoms with Gasteiger partial charge in [-0.3, -0.25) is 0 Å². The van der Waals surface area contributed by atoms with Crippen molar-refractivity contribution < 1.29 is 4.74 Å². The summed E-state index contributed by atoms with van der Waals surface area (Å²) < 4.78 is 5.48. The Labute approximate surface area is 133 Å². The molecule has 0 amide bonds. The summed E-state index contributed by atoms with van der Waals surface area (Å²) in [4.78, 5) is 2.58. The SMILES string of the molecule is CCCN1CCCC(Nc2ccc(OCC)c(Cl)c2)CC1. The van der Waals surface area contributed by atoms with Gasteiger partial charge in [0.05, 0.1) is 11.6 Å². The lowest BCUT2D eigenvalue weighted by atomic mass is 10.1. The topological polar surface area (TPSA) is 24.5 Å². The van der Waals surface area contributed by atoms with Crippen molar-refractivity contribution in [2.24, 2.45) is 0 Å². The number of hydrogen-bond donors (Lipinski definition) is 1. The van der Waals surface area contributed by atoms with Gasteiger partial charge in [-0.25, -0.2) is 0 Å². The third-order valence-electron chi connectivity index (χ3n) is 3.96. The molecule has 3 nitrogen and oxygen atoms in total. The van der Waals surface area contributed by atoms with Crippen LogP contribution in [0.15, 0.2) is 18.2 Å². The van der Waals surface area contributed by atoms with Gasteiger partial charge in [-0.1, -0.05) is 18.5 Å². The number of benzene rings is 1. The van der Waals surface area contributed by atoms with E-state index in [0.717, 1.165) is 11.4 Å². The van der Waals surface area contributed by atoms with Gasteiger partial charge >= 0.3 is 0 Å². The summed E-state index contributed by atoms with van der Waals surface area (Å²) in [5.41, 5.74) is 1.09. The van der Waals surface area contributed by atoms with Crippen LogP contribution in [-0.4, -0.2) is 37.2 Å². The maximum atomic E-state index is 6.25. The third kappa shape index (κ3) is 5.08. The van der Waals surface area contributed by atoms with Crippen LogP contribution >= 0.6 is 11.6 Å². The maximum absolute atomic E-state index is 6.25. The molecule has 1 unspecified atom stereocenters. The van der Waals surface area contributed by atoms with Crippen molar-refractivity contribution in [1.82, 2.24) is 4.90 Å². The fraction of sp³-hybridized carbons (Fsp3) is 0.647. The zero-order valence-corrected chi connectivity index (χ0v) is 14.0. The molecule has 1 aliphatic heterocycles. The van der Waals surface area contributed by atoms with E-state index in [1.54, 1.807) is 0 Å². The number of halogens is 1. The molecule has 0 spiro atoms. The smallest absolute Gasteiger partial charge is 0.138 e. The largest absolute Gasteiger partial charge is 0.492 e. The second-order valence-electron chi connectivity index (χ2n) is 5.69. The Morgan fingerprint density at radius 1 is 1.29 bits per heavy atom. The molecule has 1 aliphatic rings. The molecule has 0 aliphatic carbocycles. The Bertz CT molecular complexity index is 439. The van der Waals surface area contributed by atoms with E-state index in [2.05, 4.69) is 23.2 Å². The van der Waals surface area contributed by atoms with Crippen molar-refractivity contribution >= 4 is 17.3 Å². The minimum atomic E-state index is 0.542. The van der Waals surface area contributed by atoms with Crippen molar-refractivity contribution in [1.29, 1.82) is 0 Å². The van der Waals surface area contributed by atoms with Crippen LogP contribution in [0.4, 0.5) is 5.69 Å². The fourth-order valence-corrected chi connectivity index (χ4v) is 3.17. The highest BCUT2D eigenvalue weighted by atomic mass is 35.5. The molecular weight excluding hydrogens is 284 g/mol. The van der Waals surface area contributed by atoms with E-state index in [-0.39, 0.29) is 0 Å². The average Bonchev–Trinajstić information content (AvgIpc) is 2.68. The van der Waals surface area contributed by atoms with Crippen LogP contribution in [0.25, 0.3) is 0 Å². The maximum Gasteiger partial charge on any atom is 0.138 e. The molecule has 0 aromatic heterocycles. The van der Waals surface area contributed by atoms with Crippen LogP contribution in [0, 0.1) is 0 Å². The van der Waals surface area contributed by atoms with Gasteiger partial charge in [-0.15, -0.1) is 0 Å². The van der Waals surface area contributed by atoms with E-state index in [1.807, 2.05) is 19.1 Å². The summed E-state index contributed by atoms with van der Waals surface area (Å²) >= 11 is 6.25. The number of nitrogens with zero attached hydrogens (tertiary/aromatic N) is 1. The van der Waals surface area contributed by atoms with E-state index in [9.17, 15) is 0 Å². The Hall–Kier alpha value is -0.930. The van der Waals surface area contributed by atoms with Crippen molar-refractivity contribution in [2.75, 3.05) is 31.6 Å². The second-order valence-corrected chi connectivity index (χ2v) is 6.10. The Morgan fingerprint density at radius 3 is 2.86 bits per heavy atom. The molecule has 2 rings (SSSR count). The highest BCUT2D eigenvalue weighted by Gasteiger charge is 2.16. The van der Waals surface area contributed by atoms with Crippen molar-refractivity contribution in [3.63, 3.8) is 0 Å². The summed E-state index contributed by atoms with van der Waals surface area (Å²) in [6.07, 6.45) is 4.94. The second kappa shape index (κ2) is 8.50. The van der Waals surface area contributed by atoms with Gasteiger partial charge in [0.25, 0.3) is 0 Å². The Kier molecular flexibility index (Phi) is 6.65. The van der Waals surface area contributed by atoms with Crippen molar-refractivity contribution in [2.45, 2.75) is 45.6 Å². The van der Waals surface area contributed by atoms with E-state index in [0.29, 0.717) is 17.7 Å². The van der Waals surface area contributed by atoms with Gasteiger partial charge in [-0.05, 0) is 63.9 Å². The lowest BCUT2D eigenvalue weighted by Crippen LogP contribution is -2.27. The van der Waals surface area contributed by atoms with Gasteiger partial charge in [0.1, 0.15) is 5.75 Å². The first-order chi connectivity index (χ1) is 10.2. The number of likely N-dealkylation sites (tertiary alicyclic amines) is 1. The number of rotatable bonds is 6. The third-order valence-corrected chi connectivity index (χ3v) is 4.26. The molecule has 21 heavy (non-hydrogen) atoms. The molecule has 0 radical (unpaired) electrons. The first-order valence-electron chi connectivity index (χ1n) is 8.14. The molecule has 118 valence electrons. The molecular formula is C17H27ClN2O. The predicted molar refractivity (Wildman–Crippen MR) is 90.6 cm³/mol. The van der Waals surface area contributed by atoms with Gasteiger partial charge in [0.15, 0.2) is 0 Å². The lowest BCUT2D eigenvalue weighted by Gasteiger charge is -2.20. The normalized spacial score (nSPS) is 20.0. The highest BCUT2D eigenvalue weighted by Crippen LogP contribution is 2.28. The van der Waals surface area contributed by atoms with Gasteiger partial charge in [0.2, 0.25) is 0 Å². The number of anilines is 1. The first kappa shape index (κ1) is 16.4. The van der Waals surface area contributed by atoms with Crippen molar-refractivity contribution in [3.8, 4) is 5.75 Å². The molecule has 1 aromatic carbocycles. The number of nitrogens with one attached hydrogen (secondary N) is 1. The molecule has 1 N–H and O–H groups in total. The summed E-state index contributed by atoms with van der Waals surface area (Å²) in [5.74, 6) is 0.764. The summed E-state index contributed by atoms with van der Waals surface area (Å²) in [6.45, 7) is 8.51. The van der Waals surface area contributed by atoms with Crippen molar-refractivity contribution in [3.05, 3.63) is 23.2 Å². The van der Waals surface area contributed by atoms with Crippen LogP contribution < -0.4 is 10.1 Å². The minimum absolute atomic E-state index is 0.542. The molecule has 1 saturated heterocycles. The van der Waals surface area contributed by atoms with E-state index >= 15 is 0 Å². The first-order valence-corrected chi connectivity index (χ1v) is 8.52. The van der Waals surface area contributed by atoms with E-state index in [1.165, 1.54) is 45.3 Å². The predicted octanol–water partition coefficient (Wildman–Crippen LogP) is 4.42. The molecule has 0 saturated carbocycles. The molecule has 4 heteroatoms. The fourth-order valence-electron chi connectivity index (χ4n) is 2.94. The molecule has 1 heterocycles. The monoisotopic (exact) mass is 310 g/mol. The van der Waals surface area contributed by atoms with Crippen LogP contribution in [0.2, 0.25) is 5.02 Å². The highest BCUT2D eigenvalue weighted by molar-refractivity contribution is 6.32. The Morgan fingerprint density at radius 2 is 2.14 bits per heavy atom. The molecule has 1 fully saturated rings. The summed E-state index contributed by atoms with van der Waals surface area (Å²) in [6, 6.07) is 6.53. The summed E-state index contributed by atoms with van der Waals surface area (Å²) in [5, 5.41) is 4.31. The van der Waals surface area contributed by atoms with Crippen LogP contribution in [0.1, 0.15) is 39.5 Å². The van der Waals surface area contributed by atoms with Crippen LogP contribution in [0.5, 0.6) is 5.75 Å². The lowest BCUT2D eigenvalue weighted by molar-refractivity contribution is 0.285. The molecule has 1 aromatic rings. The van der Waals surface area contributed by atoms with Gasteiger partial charge in [-0.2, -0.15) is 0 Å².